The molecule has 2 aliphatic carbocycles. The van der Waals surface area contributed by atoms with Crippen LogP contribution in [0.2, 0.25) is 0 Å². The summed E-state index contributed by atoms with van der Waals surface area (Å²) in [7, 11) is 0. The van der Waals surface area contributed by atoms with Gasteiger partial charge in [0.05, 0.1) is 0 Å². The van der Waals surface area contributed by atoms with E-state index in [9.17, 15) is 0 Å². The normalized spacial score (nSPS) is 15.0. The second-order valence-corrected chi connectivity index (χ2v) is 14.0. The van der Waals surface area contributed by atoms with Crippen molar-refractivity contribution in [3.05, 3.63) is 119 Å². The number of hydrogen-bond acceptors (Lipinski definition) is 0. The van der Waals surface area contributed by atoms with Gasteiger partial charge in [0.15, 0.2) is 0 Å². The third-order valence-electron chi connectivity index (χ3n) is 6.44. The maximum atomic E-state index is 16.8. The number of hydrogen-bond donors (Lipinski definition) is 0. The quantitative estimate of drug-likeness (QED) is 0.292. The van der Waals surface area contributed by atoms with Crippen LogP contribution in [0.25, 0.3) is 22.3 Å². The molecule has 4 aromatic rings. The van der Waals surface area contributed by atoms with E-state index in [0.717, 1.165) is 44.5 Å². The van der Waals surface area contributed by atoms with Gasteiger partial charge in [-0.3, -0.25) is 0 Å². The van der Waals surface area contributed by atoms with Crippen LogP contribution in [0.1, 0.15) is 29.5 Å². The zero-order chi connectivity index (χ0) is 19.6. The molecule has 0 N–H and O–H groups in total. The second kappa shape index (κ2) is 6.31. The van der Waals surface area contributed by atoms with Crippen molar-refractivity contribution in [3.63, 3.8) is 0 Å². The molecule has 0 bridgehead atoms. The van der Waals surface area contributed by atoms with Crippen molar-refractivity contribution in [3.8, 4) is 22.3 Å². The number of fused-ring (bicyclic) bond motifs is 6. The van der Waals surface area contributed by atoms with E-state index >= 15 is 5.25 Å². The van der Waals surface area contributed by atoms with Gasteiger partial charge in [0, 0.05) is 0 Å². The second-order valence-electron chi connectivity index (χ2n) is 7.89. The third kappa shape index (κ3) is 2.37. The Hall–Kier alpha value is -2.38. The molecule has 140 valence electrons. The Morgan fingerprint density at radius 3 is 0.931 bits per heavy atom. The summed E-state index contributed by atoms with van der Waals surface area (Å²) in [5.41, 5.74) is 7.17. The molecule has 0 saturated carbocycles. The van der Waals surface area contributed by atoms with Gasteiger partial charge in [0.2, 0.25) is 0 Å². The number of halogens is 2. The Labute approximate surface area is 175 Å². The van der Waals surface area contributed by atoms with Crippen molar-refractivity contribution >= 4 is 0 Å². The van der Waals surface area contributed by atoms with Gasteiger partial charge in [-0.05, 0) is 0 Å². The molecule has 6 rings (SSSR count). The predicted octanol–water partition coefficient (Wildman–Crippen LogP) is 7.45. The summed E-state index contributed by atoms with van der Waals surface area (Å²) < 4.78 is 32.0. The van der Waals surface area contributed by atoms with Crippen LogP contribution in [0.3, 0.4) is 0 Å². The molecule has 0 spiro atoms. The molecule has 0 unspecified atom stereocenters. The summed E-state index contributed by atoms with van der Waals surface area (Å²) in [4.78, 5) is 0. The minimum atomic E-state index is -5.80. The molecule has 2 aliphatic rings. The van der Waals surface area contributed by atoms with Gasteiger partial charge in [-0.25, -0.2) is 0 Å². The molecule has 0 radical (unpaired) electrons. The Morgan fingerprint density at radius 2 is 0.655 bits per heavy atom. The van der Waals surface area contributed by atoms with Gasteiger partial charge < -0.3 is 0 Å². The summed E-state index contributed by atoms with van der Waals surface area (Å²) in [6.07, 6.45) is 0. The van der Waals surface area contributed by atoms with Gasteiger partial charge in [-0.1, -0.05) is 0 Å². The Bertz CT molecular complexity index is 1070. The van der Waals surface area contributed by atoms with Crippen molar-refractivity contribution in [2.45, 2.75) is 7.25 Å². The van der Waals surface area contributed by atoms with Crippen LogP contribution in [0.15, 0.2) is 97.1 Å². The van der Waals surface area contributed by atoms with Crippen LogP contribution < -0.4 is 0 Å². The molecule has 0 aromatic heterocycles. The van der Waals surface area contributed by atoms with Crippen LogP contribution in [0.4, 0.5) is 5.25 Å². The van der Waals surface area contributed by atoms with Crippen molar-refractivity contribution < 1.29 is 26.7 Å². The molecule has 0 nitrogen and oxygen atoms in total. The summed E-state index contributed by atoms with van der Waals surface area (Å²) in [5, 5.41) is 0. The average Bonchev–Trinajstić information content (AvgIpc) is 3.28. The zero-order valence-corrected chi connectivity index (χ0v) is 18.1. The van der Waals surface area contributed by atoms with Crippen molar-refractivity contribution in [2.75, 3.05) is 0 Å². The number of rotatable bonds is 2. The molecular formula is C26H18F2Zr. The van der Waals surface area contributed by atoms with Crippen molar-refractivity contribution in [1.29, 1.82) is 0 Å². The van der Waals surface area contributed by atoms with Crippen LogP contribution >= 0.6 is 0 Å². The molecular weight excluding hydrogens is 442 g/mol. The zero-order valence-electron chi connectivity index (χ0n) is 15.6. The fraction of sp³-hybridized carbons (Fsp3) is 0.0769. The predicted molar refractivity (Wildman–Crippen MR) is 110 cm³/mol. The summed E-state index contributed by atoms with van der Waals surface area (Å²) in [6, 6.07) is 31.0. The fourth-order valence-corrected chi connectivity index (χ4v) is 12.7. The number of benzene rings is 4. The molecule has 3 heteroatoms. The first-order chi connectivity index (χ1) is 14.2. The Kier molecular flexibility index (Phi) is 3.80. The maximum absolute atomic E-state index is 16.8. The van der Waals surface area contributed by atoms with Gasteiger partial charge in [-0.15, -0.1) is 0 Å². The van der Waals surface area contributed by atoms with Gasteiger partial charge >= 0.3 is 176 Å². The van der Waals surface area contributed by atoms with Gasteiger partial charge in [-0.2, -0.15) is 0 Å². The van der Waals surface area contributed by atoms with E-state index in [1.54, 1.807) is 0 Å². The van der Waals surface area contributed by atoms with Gasteiger partial charge in [0.25, 0.3) is 0 Å². The topological polar surface area (TPSA) is 0 Å². The minimum absolute atomic E-state index is 0.749. The Morgan fingerprint density at radius 1 is 0.414 bits per heavy atom. The molecule has 0 aliphatic heterocycles. The molecule has 0 amide bonds. The molecule has 0 atom stereocenters. The van der Waals surface area contributed by atoms with Crippen LogP contribution in [0, 0.1) is 0 Å². The van der Waals surface area contributed by atoms with E-state index < -0.39 is 28.7 Å². The van der Waals surface area contributed by atoms with E-state index in [1.807, 2.05) is 97.1 Å². The Balaban J connectivity index is 1.61. The summed E-state index contributed by atoms with van der Waals surface area (Å²) in [6.45, 7) is 0. The average molecular weight is 460 g/mol. The summed E-state index contributed by atoms with van der Waals surface area (Å²) >= 11 is -5.80. The van der Waals surface area contributed by atoms with E-state index in [4.69, 9.17) is 0 Å². The first-order valence-corrected chi connectivity index (χ1v) is 14.6. The van der Waals surface area contributed by atoms with E-state index in [-0.39, 0.29) is 0 Å². The molecule has 0 fully saturated rings. The molecule has 29 heavy (non-hydrogen) atoms. The third-order valence-corrected chi connectivity index (χ3v) is 13.3. The first-order valence-electron chi connectivity index (χ1n) is 9.92. The van der Waals surface area contributed by atoms with Crippen molar-refractivity contribution in [2.24, 2.45) is 0 Å². The van der Waals surface area contributed by atoms with Crippen LogP contribution in [-0.4, -0.2) is 0 Å². The van der Waals surface area contributed by atoms with Crippen LogP contribution in [-0.2, 0) is 21.5 Å². The van der Waals surface area contributed by atoms with E-state index in [1.165, 1.54) is 0 Å². The van der Waals surface area contributed by atoms with Crippen LogP contribution in [0.5, 0.6) is 0 Å². The standard InChI is InChI=1S/2C13H9.2FH.Zr/c2*1-3-7-12-10(5-1)9-11-6-2-4-8-13(11)12;;;/h2*1-9H;2*1H;/q;;;;+2/p-2. The molecule has 4 aromatic carbocycles. The molecule has 0 saturated heterocycles. The van der Waals surface area contributed by atoms with Crippen molar-refractivity contribution in [1.82, 2.24) is 0 Å². The summed E-state index contributed by atoms with van der Waals surface area (Å²) in [5.74, 6) is 0. The fourth-order valence-electron chi connectivity index (χ4n) is 5.31. The molecule has 0 heterocycles. The first kappa shape index (κ1) is 17.5. The van der Waals surface area contributed by atoms with E-state index in [2.05, 4.69) is 0 Å². The van der Waals surface area contributed by atoms with Gasteiger partial charge in [0.1, 0.15) is 0 Å². The van der Waals surface area contributed by atoms with E-state index in [0.29, 0.717) is 0 Å². The SMILES string of the molecule is [F][Zr]([F])([CH]1c2ccccc2-c2ccccc21)[CH]1c2ccccc2-c2ccccc21. The monoisotopic (exact) mass is 458 g/mol.